The second-order valence-corrected chi connectivity index (χ2v) is 6.16. The summed E-state index contributed by atoms with van der Waals surface area (Å²) in [5, 5.41) is 0. The van der Waals surface area contributed by atoms with Crippen molar-refractivity contribution in [3.63, 3.8) is 0 Å². The van der Waals surface area contributed by atoms with Gasteiger partial charge in [0.15, 0.2) is 11.6 Å². The van der Waals surface area contributed by atoms with Gasteiger partial charge in [-0.15, -0.1) is 0 Å². The first-order valence-electron chi connectivity index (χ1n) is 7.99. The molecular formula is C18H13F2N5. The van der Waals surface area contributed by atoms with Gasteiger partial charge in [0.2, 0.25) is 5.95 Å². The minimum Gasteiger partial charge on any atom is -0.306 e. The third kappa shape index (κ3) is 2.02. The maximum atomic E-state index is 14.3. The Labute approximate surface area is 141 Å². The molecule has 1 aliphatic carbocycles. The molecule has 4 aromatic rings. The molecule has 0 spiro atoms. The van der Waals surface area contributed by atoms with E-state index in [9.17, 15) is 8.78 Å². The summed E-state index contributed by atoms with van der Waals surface area (Å²) in [6, 6.07) is 4.82. The number of hydrogen-bond acceptors (Lipinski definition) is 3. The first-order valence-corrected chi connectivity index (χ1v) is 7.99. The normalized spacial score (nSPS) is 14.5. The monoisotopic (exact) mass is 337 g/mol. The van der Waals surface area contributed by atoms with E-state index in [4.69, 9.17) is 0 Å². The van der Waals surface area contributed by atoms with Crippen LogP contribution in [0, 0.1) is 11.6 Å². The lowest BCUT2D eigenvalue weighted by Crippen LogP contribution is -2.05. The molecular weight excluding hydrogens is 324 g/mol. The Hall–Kier alpha value is -3.09. The van der Waals surface area contributed by atoms with Crippen LogP contribution < -0.4 is 0 Å². The summed E-state index contributed by atoms with van der Waals surface area (Å²) in [5.74, 6) is -1.28. The van der Waals surface area contributed by atoms with Gasteiger partial charge in [0, 0.05) is 6.04 Å². The highest BCUT2D eigenvalue weighted by molar-refractivity contribution is 5.82. The number of pyridine rings is 1. The maximum Gasteiger partial charge on any atom is 0.217 e. The highest BCUT2D eigenvalue weighted by Crippen LogP contribution is 2.40. The number of hydrogen-bond donors (Lipinski definition) is 0. The van der Waals surface area contributed by atoms with Crippen LogP contribution in [-0.2, 0) is 0 Å². The first-order chi connectivity index (χ1) is 12.2. The highest BCUT2D eigenvalue weighted by Gasteiger charge is 2.30. The van der Waals surface area contributed by atoms with Crippen molar-refractivity contribution in [2.45, 2.75) is 18.9 Å². The topological polar surface area (TPSA) is 48.5 Å². The van der Waals surface area contributed by atoms with Crippen LogP contribution in [0.3, 0.4) is 0 Å². The molecule has 0 atom stereocenters. The van der Waals surface area contributed by atoms with Gasteiger partial charge >= 0.3 is 0 Å². The fraction of sp³-hybridized carbons (Fsp3) is 0.167. The molecule has 1 aromatic carbocycles. The molecule has 7 heteroatoms. The average Bonchev–Trinajstić information content (AvgIpc) is 3.26. The molecule has 0 aliphatic heterocycles. The smallest absolute Gasteiger partial charge is 0.217 e. The Morgan fingerprint density at radius 3 is 2.76 bits per heavy atom. The lowest BCUT2D eigenvalue weighted by atomic mass is 10.3. The minimum atomic E-state index is -0.920. The third-order valence-corrected chi connectivity index (χ3v) is 4.53. The van der Waals surface area contributed by atoms with E-state index in [0.29, 0.717) is 22.7 Å². The van der Waals surface area contributed by atoms with Gasteiger partial charge in [-0.25, -0.2) is 18.7 Å². The van der Waals surface area contributed by atoms with E-state index < -0.39 is 11.6 Å². The summed E-state index contributed by atoms with van der Waals surface area (Å²) in [6.07, 6.45) is 6.92. The van der Waals surface area contributed by atoms with Gasteiger partial charge in [0.05, 0.1) is 22.9 Å². The lowest BCUT2D eigenvalue weighted by molar-refractivity contribution is 0.515. The molecule has 0 unspecified atom stereocenters. The van der Waals surface area contributed by atoms with Crippen LogP contribution in [0.1, 0.15) is 24.6 Å². The number of halogens is 2. The van der Waals surface area contributed by atoms with Crippen molar-refractivity contribution in [3.05, 3.63) is 54.6 Å². The molecule has 0 bridgehead atoms. The Morgan fingerprint density at radius 2 is 2.00 bits per heavy atom. The molecule has 5 nitrogen and oxygen atoms in total. The van der Waals surface area contributed by atoms with E-state index in [2.05, 4.69) is 21.5 Å². The molecule has 0 amide bonds. The highest BCUT2D eigenvalue weighted by atomic mass is 19.2. The first kappa shape index (κ1) is 14.3. The Balaban J connectivity index is 1.85. The van der Waals surface area contributed by atoms with E-state index in [-0.39, 0.29) is 11.6 Å². The van der Waals surface area contributed by atoms with E-state index in [1.807, 2.05) is 10.6 Å². The minimum absolute atomic E-state index is 0.0433. The Kier molecular flexibility index (Phi) is 2.83. The zero-order chi connectivity index (χ0) is 17.1. The van der Waals surface area contributed by atoms with Crippen LogP contribution in [0.4, 0.5) is 8.78 Å². The summed E-state index contributed by atoms with van der Waals surface area (Å²) in [6.45, 7) is 3.73. The fourth-order valence-electron chi connectivity index (χ4n) is 3.15. The number of fused-ring (bicyclic) bond motifs is 2. The van der Waals surface area contributed by atoms with Gasteiger partial charge in [-0.1, -0.05) is 6.58 Å². The molecule has 3 heterocycles. The second-order valence-electron chi connectivity index (χ2n) is 6.16. The van der Waals surface area contributed by atoms with Crippen LogP contribution in [0.25, 0.3) is 34.1 Å². The predicted octanol–water partition coefficient (Wildman–Crippen LogP) is 4.03. The molecule has 5 rings (SSSR count). The van der Waals surface area contributed by atoms with Crippen molar-refractivity contribution < 1.29 is 8.78 Å². The maximum absolute atomic E-state index is 14.3. The Bertz CT molecular complexity index is 1150. The van der Waals surface area contributed by atoms with Crippen LogP contribution in [0.2, 0.25) is 0 Å². The van der Waals surface area contributed by atoms with Crippen molar-refractivity contribution in [3.8, 4) is 5.95 Å². The number of benzene rings is 1. The van der Waals surface area contributed by atoms with Gasteiger partial charge in [-0.05, 0) is 37.1 Å². The molecule has 0 N–H and O–H groups in total. The zero-order valence-corrected chi connectivity index (χ0v) is 13.2. The third-order valence-electron chi connectivity index (χ3n) is 4.53. The van der Waals surface area contributed by atoms with Gasteiger partial charge in [0.1, 0.15) is 17.4 Å². The van der Waals surface area contributed by atoms with E-state index >= 15 is 0 Å². The van der Waals surface area contributed by atoms with Crippen molar-refractivity contribution in [2.24, 2.45) is 0 Å². The molecule has 0 saturated heterocycles. The summed E-state index contributed by atoms with van der Waals surface area (Å²) in [5.41, 5.74) is 2.84. The number of rotatable bonds is 3. The molecule has 1 fully saturated rings. The van der Waals surface area contributed by atoms with Crippen LogP contribution in [0.15, 0.2) is 37.3 Å². The molecule has 1 saturated carbocycles. The number of imidazole rings is 2. The van der Waals surface area contributed by atoms with Gasteiger partial charge in [-0.3, -0.25) is 9.55 Å². The van der Waals surface area contributed by atoms with Crippen molar-refractivity contribution in [2.75, 3.05) is 0 Å². The van der Waals surface area contributed by atoms with Crippen LogP contribution in [0.5, 0.6) is 0 Å². The SMILES string of the molecule is C=Cc1cc2c(cn1)ncn2-c1nc2c(F)c(F)ccc2n1C1CC1. The van der Waals surface area contributed by atoms with E-state index in [0.717, 1.165) is 24.4 Å². The largest absolute Gasteiger partial charge is 0.306 e. The van der Waals surface area contributed by atoms with Crippen molar-refractivity contribution >= 4 is 28.1 Å². The molecule has 124 valence electrons. The second kappa shape index (κ2) is 4.95. The van der Waals surface area contributed by atoms with Gasteiger partial charge in [0.25, 0.3) is 0 Å². The number of aromatic nitrogens is 5. The molecule has 0 radical (unpaired) electrons. The summed E-state index contributed by atoms with van der Waals surface area (Å²) in [7, 11) is 0. The Morgan fingerprint density at radius 1 is 1.16 bits per heavy atom. The van der Waals surface area contributed by atoms with Gasteiger partial charge in [-0.2, -0.15) is 0 Å². The van der Waals surface area contributed by atoms with Crippen molar-refractivity contribution in [1.29, 1.82) is 0 Å². The lowest BCUT2D eigenvalue weighted by Gasteiger charge is -2.09. The average molecular weight is 337 g/mol. The predicted molar refractivity (Wildman–Crippen MR) is 90.4 cm³/mol. The standard InChI is InChI=1S/C18H13F2N5/c1-2-10-7-15-13(8-21-10)22-9-24(15)18-23-17-14(25(18)11-3-4-11)6-5-12(19)16(17)20/h2,5-9,11H,1,3-4H2. The quantitative estimate of drug-likeness (QED) is 0.567. The fourth-order valence-corrected chi connectivity index (χ4v) is 3.15. The molecule has 3 aromatic heterocycles. The molecule has 25 heavy (non-hydrogen) atoms. The zero-order valence-electron chi connectivity index (χ0n) is 13.2. The van der Waals surface area contributed by atoms with E-state index in [1.54, 1.807) is 29.2 Å². The van der Waals surface area contributed by atoms with Crippen molar-refractivity contribution in [1.82, 2.24) is 24.1 Å². The van der Waals surface area contributed by atoms with Gasteiger partial charge < -0.3 is 4.57 Å². The molecule has 1 aliphatic rings. The summed E-state index contributed by atoms with van der Waals surface area (Å²) in [4.78, 5) is 13.0. The number of nitrogens with zero attached hydrogens (tertiary/aromatic N) is 5. The van der Waals surface area contributed by atoms with Crippen LogP contribution in [-0.4, -0.2) is 24.1 Å². The van der Waals surface area contributed by atoms with Crippen LogP contribution >= 0.6 is 0 Å². The summed E-state index contributed by atoms with van der Waals surface area (Å²) >= 11 is 0. The van der Waals surface area contributed by atoms with E-state index in [1.165, 1.54) is 0 Å². The summed E-state index contributed by atoms with van der Waals surface area (Å²) < 4.78 is 31.6.